The summed E-state index contributed by atoms with van der Waals surface area (Å²) in [4.78, 5) is 14.3. The number of carbonyl (C=O) groups is 1. The number of amides is 1. The molecule has 116 valence electrons. The summed E-state index contributed by atoms with van der Waals surface area (Å²) in [6.45, 7) is 2.66. The van der Waals surface area contributed by atoms with Crippen LogP contribution in [-0.4, -0.2) is 30.4 Å². The molecular weight excluding hydrogens is 286 g/mol. The van der Waals surface area contributed by atoms with E-state index in [4.69, 9.17) is 17.3 Å². The fraction of sp³-hybridized carbons (Fsp3) is 0.562. The van der Waals surface area contributed by atoms with E-state index < -0.39 is 0 Å². The first-order valence-corrected chi connectivity index (χ1v) is 7.90. The fourth-order valence-electron chi connectivity index (χ4n) is 3.13. The van der Waals surface area contributed by atoms with E-state index in [1.165, 1.54) is 25.7 Å². The van der Waals surface area contributed by atoms with Crippen LogP contribution in [0.15, 0.2) is 18.2 Å². The molecular formula is C16H24ClN3O. The van der Waals surface area contributed by atoms with Gasteiger partial charge in [-0.2, -0.15) is 0 Å². The SMILES string of the molecule is CC1CCCCC1N(C)CC(=O)Nc1ccc(Cl)cc1N. The van der Waals surface area contributed by atoms with Crippen LogP contribution in [0.2, 0.25) is 5.02 Å². The lowest BCUT2D eigenvalue weighted by Gasteiger charge is -2.35. The Balaban J connectivity index is 1.91. The molecule has 1 saturated carbocycles. The Morgan fingerprint density at radius 3 is 2.81 bits per heavy atom. The highest BCUT2D eigenvalue weighted by Crippen LogP contribution is 2.27. The summed E-state index contributed by atoms with van der Waals surface area (Å²) in [6.07, 6.45) is 4.99. The van der Waals surface area contributed by atoms with Crippen molar-refractivity contribution in [2.45, 2.75) is 38.6 Å². The summed E-state index contributed by atoms with van der Waals surface area (Å²) >= 11 is 5.85. The summed E-state index contributed by atoms with van der Waals surface area (Å²) in [6, 6.07) is 5.59. The first kappa shape index (κ1) is 16.1. The van der Waals surface area contributed by atoms with Gasteiger partial charge in [-0.05, 0) is 44.0 Å². The Hall–Kier alpha value is -1.26. The van der Waals surface area contributed by atoms with E-state index >= 15 is 0 Å². The Kier molecular flexibility index (Phi) is 5.48. The number of benzene rings is 1. The quantitative estimate of drug-likeness (QED) is 0.838. The van der Waals surface area contributed by atoms with Crippen LogP contribution in [0.3, 0.4) is 0 Å². The van der Waals surface area contributed by atoms with E-state index in [9.17, 15) is 4.79 Å². The molecule has 3 N–H and O–H groups in total. The maximum absolute atomic E-state index is 12.2. The van der Waals surface area contributed by atoms with Crippen molar-refractivity contribution in [2.24, 2.45) is 5.92 Å². The number of carbonyl (C=O) groups excluding carboxylic acids is 1. The summed E-state index contributed by atoms with van der Waals surface area (Å²) in [5, 5.41) is 3.43. The molecule has 1 aliphatic rings. The van der Waals surface area contributed by atoms with Gasteiger partial charge in [0.25, 0.3) is 0 Å². The van der Waals surface area contributed by atoms with Crippen LogP contribution in [0.1, 0.15) is 32.6 Å². The van der Waals surface area contributed by atoms with Gasteiger partial charge in [-0.3, -0.25) is 9.69 Å². The molecule has 0 saturated heterocycles. The normalized spacial score (nSPS) is 22.3. The van der Waals surface area contributed by atoms with Gasteiger partial charge in [0.05, 0.1) is 17.9 Å². The molecule has 0 heterocycles. The number of nitrogen functional groups attached to an aromatic ring is 1. The van der Waals surface area contributed by atoms with Crippen LogP contribution in [0, 0.1) is 5.92 Å². The number of hydrogen-bond donors (Lipinski definition) is 2. The van der Waals surface area contributed by atoms with E-state index in [1.807, 2.05) is 7.05 Å². The molecule has 0 aromatic heterocycles. The Morgan fingerprint density at radius 2 is 2.14 bits per heavy atom. The number of nitrogens with zero attached hydrogens (tertiary/aromatic N) is 1. The lowest BCUT2D eigenvalue weighted by Crippen LogP contribution is -2.42. The van der Waals surface area contributed by atoms with E-state index in [0.29, 0.717) is 34.9 Å². The maximum Gasteiger partial charge on any atom is 0.238 e. The molecule has 5 heteroatoms. The summed E-state index contributed by atoms with van der Waals surface area (Å²) in [5.74, 6) is 0.612. The molecule has 1 aromatic rings. The monoisotopic (exact) mass is 309 g/mol. The largest absolute Gasteiger partial charge is 0.397 e. The van der Waals surface area contributed by atoms with Gasteiger partial charge >= 0.3 is 0 Å². The van der Waals surface area contributed by atoms with Gasteiger partial charge in [0.1, 0.15) is 0 Å². The Labute approximate surface area is 131 Å². The molecule has 0 aliphatic heterocycles. The molecule has 2 atom stereocenters. The number of anilines is 2. The van der Waals surface area contributed by atoms with Gasteiger partial charge in [-0.15, -0.1) is 0 Å². The van der Waals surface area contributed by atoms with E-state index in [0.717, 1.165) is 0 Å². The van der Waals surface area contributed by atoms with Crippen molar-refractivity contribution in [2.75, 3.05) is 24.6 Å². The predicted octanol–water partition coefficient (Wildman–Crippen LogP) is 3.37. The Morgan fingerprint density at radius 1 is 1.43 bits per heavy atom. The minimum absolute atomic E-state index is 0.0377. The van der Waals surface area contributed by atoms with Crippen LogP contribution in [0.25, 0.3) is 0 Å². The zero-order chi connectivity index (χ0) is 15.4. The number of nitrogens with one attached hydrogen (secondary N) is 1. The molecule has 2 rings (SSSR count). The highest BCUT2D eigenvalue weighted by atomic mass is 35.5. The van der Waals surface area contributed by atoms with Crippen LogP contribution < -0.4 is 11.1 Å². The van der Waals surface area contributed by atoms with Crippen molar-refractivity contribution < 1.29 is 4.79 Å². The van der Waals surface area contributed by atoms with Crippen LogP contribution in [0.5, 0.6) is 0 Å². The third-order valence-electron chi connectivity index (χ3n) is 4.31. The molecule has 4 nitrogen and oxygen atoms in total. The molecule has 1 aliphatic carbocycles. The number of likely N-dealkylation sites (N-methyl/N-ethyl adjacent to an activating group) is 1. The molecule has 21 heavy (non-hydrogen) atoms. The van der Waals surface area contributed by atoms with Gasteiger partial charge in [0.2, 0.25) is 5.91 Å². The molecule has 1 amide bonds. The van der Waals surface area contributed by atoms with Crippen molar-refractivity contribution in [1.29, 1.82) is 0 Å². The molecule has 1 fully saturated rings. The standard InChI is InChI=1S/C16H24ClN3O/c1-11-5-3-4-6-15(11)20(2)10-16(21)19-14-8-7-12(17)9-13(14)18/h7-9,11,15H,3-6,10,18H2,1-2H3,(H,19,21). The van der Waals surface area contributed by atoms with Crippen LogP contribution in [0.4, 0.5) is 11.4 Å². The number of rotatable bonds is 4. The van der Waals surface area contributed by atoms with Crippen molar-refractivity contribution in [3.8, 4) is 0 Å². The summed E-state index contributed by atoms with van der Waals surface area (Å²) < 4.78 is 0. The van der Waals surface area contributed by atoms with Crippen molar-refractivity contribution in [1.82, 2.24) is 4.90 Å². The van der Waals surface area contributed by atoms with Crippen LogP contribution in [-0.2, 0) is 4.79 Å². The molecule has 0 radical (unpaired) electrons. The first-order chi connectivity index (χ1) is 9.97. The van der Waals surface area contributed by atoms with Gasteiger partial charge < -0.3 is 11.1 Å². The maximum atomic E-state index is 12.2. The van der Waals surface area contributed by atoms with Gasteiger partial charge in [0.15, 0.2) is 0 Å². The summed E-state index contributed by atoms with van der Waals surface area (Å²) in [7, 11) is 2.03. The smallest absolute Gasteiger partial charge is 0.238 e. The van der Waals surface area contributed by atoms with E-state index in [-0.39, 0.29) is 5.91 Å². The second-order valence-corrected chi connectivity index (χ2v) is 6.46. The highest BCUT2D eigenvalue weighted by molar-refractivity contribution is 6.31. The lowest BCUT2D eigenvalue weighted by atomic mass is 9.85. The molecule has 0 spiro atoms. The van der Waals surface area contributed by atoms with Gasteiger partial charge in [-0.25, -0.2) is 0 Å². The minimum Gasteiger partial charge on any atom is -0.397 e. The third kappa shape index (κ3) is 4.35. The zero-order valence-electron chi connectivity index (χ0n) is 12.7. The highest BCUT2D eigenvalue weighted by Gasteiger charge is 2.26. The first-order valence-electron chi connectivity index (χ1n) is 7.52. The molecule has 2 unspecified atom stereocenters. The van der Waals surface area contributed by atoms with E-state index in [2.05, 4.69) is 17.1 Å². The van der Waals surface area contributed by atoms with Crippen molar-refractivity contribution >= 4 is 28.9 Å². The van der Waals surface area contributed by atoms with Crippen molar-refractivity contribution in [3.05, 3.63) is 23.2 Å². The second-order valence-electron chi connectivity index (χ2n) is 6.02. The summed E-state index contributed by atoms with van der Waals surface area (Å²) in [5.41, 5.74) is 6.96. The van der Waals surface area contributed by atoms with Gasteiger partial charge in [-0.1, -0.05) is 31.4 Å². The lowest BCUT2D eigenvalue weighted by molar-refractivity contribution is -0.117. The van der Waals surface area contributed by atoms with E-state index in [1.54, 1.807) is 18.2 Å². The number of nitrogens with two attached hydrogens (primary N) is 1. The second kappa shape index (κ2) is 7.14. The fourth-order valence-corrected chi connectivity index (χ4v) is 3.31. The number of halogens is 1. The zero-order valence-corrected chi connectivity index (χ0v) is 13.5. The van der Waals surface area contributed by atoms with Crippen LogP contribution >= 0.6 is 11.6 Å². The molecule has 0 bridgehead atoms. The average Bonchev–Trinajstić information content (AvgIpc) is 2.42. The third-order valence-corrected chi connectivity index (χ3v) is 4.55. The Bertz CT molecular complexity index is 506. The predicted molar refractivity (Wildman–Crippen MR) is 88.5 cm³/mol. The topological polar surface area (TPSA) is 58.4 Å². The van der Waals surface area contributed by atoms with Crippen molar-refractivity contribution in [3.63, 3.8) is 0 Å². The number of hydrogen-bond acceptors (Lipinski definition) is 3. The van der Waals surface area contributed by atoms with Gasteiger partial charge in [0, 0.05) is 11.1 Å². The minimum atomic E-state index is -0.0377. The average molecular weight is 310 g/mol. The molecule has 1 aromatic carbocycles.